The lowest BCUT2D eigenvalue weighted by atomic mass is 10.1. The van der Waals surface area contributed by atoms with Crippen molar-refractivity contribution in [1.29, 1.82) is 0 Å². The van der Waals surface area contributed by atoms with Crippen molar-refractivity contribution in [3.8, 4) is 0 Å². The summed E-state index contributed by atoms with van der Waals surface area (Å²) >= 11 is 5.96. The molecule has 1 aromatic carbocycles. The van der Waals surface area contributed by atoms with E-state index in [0.717, 1.165) is 25.9 Å². The zero-order chi connectivity index (χ0) is 20.6. The van der Waals surface area contributed by atoms with E-state index >= 15 is 0 Å². The average Bonchev–Trinajstić information content (AvgIpc) is 3.34. The highest BCUT2D eigenvalue weighted by Gasteiger charge is 2.34. The highest BCUT2D eigenvalue weighted by molar-refractivity contribution is 7.89. The van der Waals surface area contributed by atoms with Gasteiger partial charge in [0, 0.05) is 35.6 Å². The van der Waals surface area contributed by atoms with Crippen LogP contribution >= 0.6 is 11.6 Å². The summed E-state index contributed by atoms with van der Waals surface area (Å²) in [6.07, 6.45) is 3.00. The van der Waals surface area contributed by atoms with Crippen LogP contribution in [-0.4, -0.2) is 67.2 Å². The number of amides is 2. The number of hydrogen-bond donors (Lipinski definition) is 2. The maximum absolute atomic E-state index is 12.8. The van der Waals surface area contributed by atoms with E-state index in [2.05, 4.69) is 9.71 Å². The van der Waals surface area contributed by atoms with E-state index in [1.54, 1.807) is 23.1 Å². The van der Waals surface area contributed by atoms with Crippen molar-refractivity contribution in [2.24, 2.45) is 0 Å². The summed E-state index contributed by atoms with van der Waals surface area (Å²) in [6.45, 7) is 1.91. The molecule has 10 heteroatoms. The van der Waals surface area contributed by atoms with Gasteiger partial charge in [0.1, 0.15) is 11.1 Å². The van der Waals surface area contributed by atoms with E-state index in [9.17, 15) is 18.0 Å². The zero-order valence-corrected chi connectivity index (χ0v) is 17.4. The van der Waals surface area contributed by atoms with Gasteiger partial charge in [-0.15, -0.1) is 0 Å². The summed E-state index contributed by atoms with van der Waals surface area (Å²) in [4.78, 5) is 31.2. The highest BCUT2D eigenvalue weighted by atomic mass is 35.5. The van der Waals surface area contributed by atoms with Crippen LogP contribution in [0.25, 0.3) is 10.9 Å². The van der Waals surface area contributed by atoms with Gasteiger partial charge in [-0.2, -0.15) is 4.72 Å². The smallest absolute Gasteiger partial charge is 0.256 e. The van der Waals surface area contributed by atoms with Crippen LogP contribution in [0, 0.1) is 0 Å². The number of nitrogens with one attached hydrogen (secondary N) is 2. The molecule has 1 aromatic heterocycles. The largest absolute Gasteiger partial charge is 0.344 e. The number of sulfonamides is 1. The quantitative estimate of drug-likeness (QED) is 0.741. The summed E-state index contributed by atoms with van der Waals surface area (Å²) in [5.74, 6) is -0.432. The lowest BCUT2D eigenvalue weighted by Crippen LogP contribution is -2.54. The number of halogens is 1. The van der Waals surface area contributed by atoms with E-state index in [1.807, 2.05) is 0 Å². The SMILES string of the molecule is O=C(CN1CCCC(NS(=O)(=O)c2cc3ccc(Cl)cc3[nH]2)C1=O)N1CCCC1. The summed E-state index contributed by atoms with van der Waals surface area (Å²) < 4.78 is 28.1. The Morgan fingerprint density at radius 3 is 2.69 bits per heavy atom. The molecule has 4 rings (SSSR count). The molecule has 0 radical (unpaired) electrons. The number of hydrogen-bond acceptors (Lipinski definition) is 4. The minimum Gasteiger partial charge on any atom is -0.344 e. The van der Waals surface area contributed by atoms with Crippen molar-refractivity contribution >= 4 is 44.3 Å². The second-order valence-electron chi connectivity index (χ2n) is 7.53. The maximum Gasteiger partial charge on any atom is 0.256 e. The van der Waals surface area contributed by atoms with Crippen LogP contribution in [0.3, 0.4) is 0 Å². The number of fused-ring (bicyclic) bond motifs is 1. The first kappa shape index (κ1) is 20.2. The molecule has 1 atom stereocenters. The number of nitrogens with zero attached hydrogens (tertiary/aromatic N) is 2. The van der Waals surface area contributed by atoms with Crippen LogP contribution in [0.1, 0.15) is 25.7 Å². The molecule has 8 nitrogen and oxygen atoms in total. The Hall–Kier alpha value is -2.10. The molecule has 1 unspecified atom stereocenters. The number of H-pyrrole nitrogens is 1. The van der Waals surface area contributed by atoms with Gasteiger partial charge in [0.25, 0.3) is 10.0 Å². The Kier molecular flexibility index (Phi) is 5.54. The van der Waals surface area contributed by atoms with E-state index in [4.69, 9.17) is 11.6 Å². The third-order valence-corrected chi connectivity index (χ3v) is 7.09. The molecular formula is C19H23ClN4O4S. The molecule has 0 spiro atoms. The molecule has 2 saturated heterocycles. The predicted octanol–water partition coefficient (Wildman–Crippen LogP) is 1.71. The highest BCUT2D eigenvalue weighted by Crippen LogP contribution is 2.23. The van der Waals surface area contributed by atoms with Crippen LogP contribution < -0.4 is 4.72 Å². The molecule has 0 bridgehead atoms. The fraction of sp³-hybridized carbons (Fsp3) is 0.474. The second-order valence-corrected chi connectivity index (χ2v) is 9.65. The number of benzene rings is 1. The van der Waals surface area contributed by atoms with Crippen molar-refractivity contribution in [3.05, 3.63) is 29.3 Å². The first-order chi connectivity index (χ1) is 13.8. The Morgan fingerprint density at radius 2 is 1.93 bits per heavy atom. The molecule has 3 heterocycles. The Bertz CT molecular complexity index is 1050. The average molecular weight is 439 g/mol. The summed E-state index contributed by atoms with van der Waals surface area (Å²) in [7, 11) is -3.93. The van der Waals surface area contributed by atoms with Crippen LogP contribution in [-0.2, 0) is 19.6 Å². The summed E-state index contributed by atoms with van der Waals surface area (Å²) in [5.41, 5.74) is 0.602. The van der Waals surface area contributed by atoms with E-state index < -0.39 is 16.1 Å². The lowest BCUT2D eigenvalue weighted by molar-refractivity contribution is -0.142. The fourth-order valence-corrected chi connectivity index (χ4v) is 5.32. The number of likely N-dealkylation sites (tertiary alicyclic amines) is 2. The molecule has 2 aromatic rings. The summed E-state index contributed by atoms with van der Waals surface area (Å²) in [5, 5.41) is 1.19. The van der Waals surface area contributed by atoms with Gasteiger partial charge in [-0.1, -0.05) is 17.7 Å². The molecular weight excluding hydrogens is 416 g/mol. The lowest BCUT2D eigenvalue weighted by Gasteiger charge is -2.33. The Balaban J connectivity index is 1.46. The topological polar surface area (TPSA) is 103 Å². The van der Waals surface area contributed by atoms with Crippen molar-refractivity contribution in [2.45, 2.75) is 36.8 Å². The monoisotopic (exact) mass is 438 g/mol. The molecule has 0 aliphatic carbocycles. The molecule has 2 aliphatic rings. The van der Waals surface area contributed by atoms with Crippen LogP contribution in [0.15, 0.2) is 29.3 Å². The number of aromatic nitrogens is 1. The van der Waals surface area contributed by atoms with E-state index in [-0.39, 0.29) is 23.4 Å². The minimum absolute atomic E-state index is 0.00193. The fourth-order valence-electron chi connectivity index (χ4n) is 3.90. The van der Waals surface area contributed by atoms with Crippen LogP contribution in [0.4, 0.5) is 0 Å². The molecule has 2 N–H and O–H groups in total. The Labute approximate surface area is 174 Å². The van der Waals surface area contributed by atoms with Gasteiger partial charge in [-0.05, 0) is 43.9 Å². The van der Waals surface area contributed by atoms with Gasteiger partial charge in [0.05, 0.1) is 6.54 Å². The molecule has 0 saturated carbocycles. The third-order valence-electron chi connectivity index (χ3n) is 5.46. The van der Waals surface area contributed by atoms with Gasteiger partial charge < -0.3 is 14.8 Å². The van der Waals surface area contributed by atoms with E-state index in [1.165, 1.54) is 11.0 Å². The first-order valence-corrected chi connectivity index (χ1v) is 11.6. The number of rotatable bonds is 5. The van der Waals surface area contributed by atoms with Gasteiger partial charge in [-0.3, -0.25) is 9.59 Å². The summed E-state index contributed by atoms with van der Waals surface area (Å²) in [6, 6.07) is 5.69. The van der Waals surface area contributed by atoms with Crippen LogP contribution in [0.5, 0.6) is 0 Å². The van der Waals surface area contributed by atoms with Gasteiger partial charge in [0.15, 0.2) is 0 Å². The minimum atomic E-state index is -3.93. The maximum atomic E-state index is 12.8. The number of carbonyl (C=O) groups is 2. The van der Waals surface area contributed by atoms with Crippen molar-refractivity contribution in [3.63, 3.8) is 0 Å². The van der Waals surface area contributed by atoms with Gasteiger partial charge >= 0.3 is 0 Å². The second kappa shape index (κ2) is 7.97. The molecule has 2 fully saturated rings. The van der Waals surface area contributed by atoms with Crippen molar-refractivity contribution in [1.82, 2.24) is 19.5 Å². The number of piperidine rings is 1. The normalized spacial score (nSPS) is 20.6. The zero-order valence-electron chi connectivity index (χ0n) is 15.9. The van der Waals surface area contributed by atoms with E-state index in [0.29, 0.717) is 35.3 Å². The van der Waals surface area contributed by atoms with Crippen LogP contribution in [0.2, 0.25) is 5.02 Å². The number of carbonyl (C=O) groups excluding carboxylic acids is 2. The molecule has 2 aliphatic heterocycles. The first-order valence-electron chi connectivity index (χ1n) is 9.71. The number of aromatic amines is 1. The molecule has 29 heavy (non-hydrogen) atoms. The van der Waals surface area contributed by atoms with Gasteiger partial charge in [0.2, 0.25) is 11.8 Å². The van der Waals surface area contributed by atoms with Gasteiger partial charge in [-0.25, -0.2) is 8.42 Å². The molecule has 2 amide bonds. The standard InChI is InChI=1S/C19H23ClN4O4S/c20-14-6-5-13-10-17(21-16(13)11-14)29(27,28)22-15-4-3-9-24(19(15)26)12-18(25)23-7-1-2-8-23/h5-6,10-11,15,21-22H,1-4,7-9,12H2. The Morgan fingerprint density at radius 1 is 1.17 bits per heavy atom. The van der Waals surface area contributed by atoms with Crippen molar-refractivity contribution in [2.75, 3.05) is 26.2 Å². The molecule has 156 valence electrons. The predicted molar refractivity (Wildman–Crippen MR) is 109 cm³/mol. The van der Waals surface area contributed by atoms with Crippen molar-refractivity contribution < 1.29 is 18.0 Å². The third kappa shape index (κ3) is 4.26.